The van der Waals surface area contributed by atoms with Gasteiger partial charge in [-0.3, -0.25) is 14.5 Å². The normalized spacial score (nSPS) is 13.2. The van der Waals surface area contributed by atoms with E-state index in [0.717, 1.165) is 5.56 Å². The van der Waals surface area contributed by atoms with E-state index in [0.29, 0.717) is 22.8 Å². The number of benzene rings is 2. The number of ether oxygens (including phenoxy) is 1. The van der Waals surface area contributed by atoms with E-state index in [-0.39, 0.29) is 25.0 Å². The van der Waals surface area contributed by atoms with E-state index in [2.05, 4.69) is 10.1 Å². The molecule has 25 heavy (non-hydrogen) atoms. The Morgan fingerprint density at radius 1 is 0.960 bits per heavy atom. The molecule has 7 heteroatoms. The third-order valence-electron chi connectivity index (χ3n) is 3.91. The molecule has 0 fully saturated rings. The van der Waals surface area contributed by atoms with Gasteiger partial charge in [-0.1, -0.05) is 29.4 Å². The van der Waals surface area contributed by atoms with Gasteiger partial charge in [0.15, 0.2) is 12.9 Å². The quantitative estimate of drug-likeness (QED) is 0.666. The van der Waals surface area contributed by atoms with Crippen LogP contribution in [-0.2, 0) is 13.2 Å². The van der Waals surface area contributed by atoms with Crippen molar-refractivity contribution in [3.05, 3.63) is 77.4 Å². The number of carbonyl (C=O) groups is 2. The molecule has 4 rings (SSSR count). The van der Waals surface area contributed by atoms with Crippen LogP contribution < -0.4 is 4.74 Å². The third-order valence-corrected chi connectivity index (χ3v) is 3.91. The molecule has 7 nitrogen and oxygen atoms in total. The van der Waals surface area contributed by atoms with Crippen molar-refractivity contribution in [2.24, 2.45) is 0 Å². The highest BCUT2D eigenvalue weighted by Gasteiger charge is 2.34. The molecule has 0 saturated heterocycles. The zero-order chi connectivity index (χ0) is 17.2. The lowest BCUT2D eigenvalue weighted by Crippen LogP contribution is -2.29. The Kier molecular flexibility index (Phi) is 3.74. The highest BCUT2D eigenvalue weighted by Crippen LogP contribution is 2.24. The van der Waals surface area contributed by atoms with E-state index in [1.807, 2.05) is 12.1 Å². The van der Waals surface area contributed by atoms with Crippen LogP contribution in [0.5, 0.6) is 5.75 Å². The van der Waals surface area contributed by atoms with Gasteiger partial charge in [0.25, 0.3) is 17.7 Å². The molecular formula is C18H13N3O4. The van der Waals surface area contributed by atoms with Gasteiger partial charge < -0.3 is 9.26 Å². The minimum Gasteiger partial charge on any atom is -0.484 e. The van der Waals surface area contributed by atoms with E-state index in [9.17, 15) is 9.59 Å². The highest BCUT2D eigenvalue weighted by molar-refractivity contribution is 6.21. The smallest absolute Gasteiger partial charge is 0.264 e. The minimum atomic E-state index is -0.266. The van der Waals surface area contributed by atoms with Crippen LogP contribution in [0, 0.1) is 0 Å². The molecule has 1 aliphatic heterocycles. The van der Waals surface area contributed by atoms with Crippen LogP contribution in [0.15, 0.2) is 59.4 Å². The molecule has 0 unspecified atom stereocenters. The Morgan fingerprint density at radius 3 is 2.24 bits per heavy atom. The molecule has 124 valence electrons. The molecule has 1 aliphatic rings. The number of imide groups is 1. The summed E-state index contributed by atoms with van der Waals surface area (Å²) in [4.78, 5) is 29.9. The van der Waals surface area contributed by atoms with Gasteiger partial charge in [0.2, 0.25) is 0 Å². The largest absolute Gasteiger partial charge is 0.484 e. The van der Waals surface area contributed by atoms with Crippen molar-refractivity contribution >= 4 is 11.8 Å². The SMILES string of the molecule is O=C1c2ccccc2C(=O)N1Cc1ccc(OCc2ncno2)cc1. The summed E-state index contributed by atoms with van der Waals surface area (Å²) in [6.45, 7) is 0.397. The molecule has 0 atom stereocenters. The first-order valence-corrected chi connectivity index (χ1v) is 7.65. The molecule has 2 amide bonds. The Balaban J connectivity index is 1.43. The zero-order valence-electron chi connectivity index (χ0n) is 13.1. The summed E-state index contributed by atoms with van der Waals surface area (Å²) in [6.07, 6.45) is 1.31. The highest BCUT2D eigenvalue weighted by atomic mass is 16.5. The van der Waals surface area contributed by atoms with Crippen molar-refractivity contribution in [2.45, 2.75) is 13.2 Å². The summed E-state index contributed by atoms with van der Waals surface area (Å²) in [5, 5.41) is 3.50. The second kappa shape index (κ2) is 6.20. The fourth-order valence-electron chi connectivity index (χ4n) is 2.66. The van der Waals surface area contributed by atoms with Crippen LogP contribution in [0.4, 0.5) is 0 Å². The number of nitrogens with zero attached hydrogens (tertiary/aromatic N) is 3. The lowest BCUT2D eigenvalue weighted by Gasteiger charge is -2.14. The second-order valence-electron chi connectivity index (χ2n) is 5.51. The number of carbonyl (C=O) groups excluding carboxylic acids is 2. The first-order chi connectivity index (χ1) is 12.2. The molecule has 0 radical (unpaired) electrons. The van der Waals surface area contributed by atoms with E-state index in [4.69, 9.17) is 9.26 Å². The third kappa shape index (κ3) is 2.87. The fourth-order valence-corrected chi connectivity index (χ4v) is 2.66. The summed E-state index contributed by atoms with van der Waals surface area (Å²) >= 11 is 0. The van der Waals surface area contributed by atoms with Gasteiger partial charge in [-0.25, -0.2) is 0 Å². The number of rotatable bonds is 5. The summed E-state index contributed by atoms with van der Waals surface area (Å²) < 4.78 is 10.4. The number of hydrogen-bond acceptors (Lipinski definition) is 6. The van der Waals surface area contributed by atoms with Gasteiger partial charge >= 0.3 is 0 Å². The van der Waals surface area contributed by atoms with Crippen LogP contribution >= 0.6 is 0 Å². The predicted octanol–water partition coefficient (Wildman–Crippen LogP) is 2.44. The van der Waals surface area contributed by atoms with Crippen molar-refractivity contribution in [1.82, 2.24) is 15.0 Å². The number of aromatic nitrogens is 2. The lowest BCUT2D eigenvalue weighted by atomic mass is 10.1. The number of amides is 2. The molecule has 0 bridgehead atoms. The maximum absolute atomic E-state index is 12.4. The molecule has 2 heterocycles. The Morgan fingerprint density at radius 2 is 1.64 bits per heavy atom. The first-order valence-electron chi connectivity index (χ1n) is 7.65. The second-order valence-corrected chi connectivity index (χ2v) is 5.51. The maximum atomic E-state index is 12.4. The van der Waals surface area contributed by atoms with Gasteiger partial charge in [-0.15, -0.1) is 0 Å². The molecule has 0 N–H and O–H groups in total. The predicted molar refractivity (Wildman–Crippen MR) is 85.7 cm³/mol. The number of hydrogen-bond donors (Lipinski definition) is 0. The molecule has 0 spiro atoms. The Hall–Kier alpha value is -3.48. The van der Waals surface area contributed by atoms with Crippen molar-refractivity contribution in [3.63, 3.8) is 0 Å². The zero-order valence-corrected chi connectivity index (χ0v) is 13.1. The maximum Gasteiger partial charge on any atom is 0.264 e. The van der Waals surface area contributed by atoms with E-state index in [1.165, 1.54) is 11.2 Å². The molecule has 0 aliphatic carbocycles. The molecule has 0 saturated carbocycles. The van der Waals surface area contributed by atoms with Gasteiger partial charge in [-0.2, -0.15) is 4.98 Å². The van der Waals surface area contributed by atoms with Crippen LogP contribution in [0.1, 0.15) is 32.2 Å². The van der Waals surface area contributed by atoms with Crippen LogP contribution in [-0.4, -0.2) is 26.9 Å². The van der Waals surface area contributed by atoms with E-state index < -0.39 is 0 Å². The van der Waals surface area contributed by atoms with Crippen LogP contribution in [0.25, 0.3) is 0 Å². The van der Waals surface area contributed by atoms with Crippen molar-refractivity contribution < 1.29 is 18.8 Å². The average Bonchev–Trinajstić information content (AvgIpc) is 3.25. The monoisotopic (exact) mass is 335 g/mol. The van der Waals surface area contributed by atoms with E-state index >= 15 is 0 Å². The van der Waals surface area contributed by atoms with E-state index in [1.54, 1.807) is 36.4 Å². The molecule has 3 aromatic rings. The van der Waals surface area contributed by atoms with Gasteiger partial charge in [0.05, 0.1) is 17.7 Å². The minimum absolute atomic E-state index is 0.178. The first kappa shape index (κ1) is 15.1. The molecule has 1 aromatic heterocycles. The van der Waals surface area contributed by atoms with Crippen molar-refractivity contribution in [1.29, 1.82) is 0 Å². The van der Waals surface area contributed by atoms with Gasteiger partial charge in [-0.05, 0) is 29.8 Å². The molecule has 2 aromatic carbocycles. The summed E-state index contributed by atoms with van der Waals surface area (Å²) in [6, 6.07) is 14.0. The van der Waals surface area contributed by atoms with Gasteiger partial charge in [0.1, 0.15) is 5.75 Å². The lowest BCUT2D eigenvalue weighted by molar-refractivity contribution is 0.0642. The van der Waals surface area contributed by atoms with Gasteiger partial charge in [0, 0.05) is 0 Å². The summed E-state index contributed by atoms with van der Waals surface area (Å²) in [5.41, 5.74) is 1.73. The standard InChI is InChI=1S/C18H13N3O4/c22-17-14-3-1-2-4-15(14)18(23)21(17)9-12-5-7-13(8-6-12)24-10-16-19-11-20-25-16/h1-8,11H,9-10H2. The number of fused-ring (bicyclic) bond motifs is 1. The topological polar surface area (TPSA) is 85.5 Å². The molecular weight excluding hydrogens is 322 g/mol. The van der Waals surface area contributed by atoms with Crippen LogP contribution in [0.2, 0.25) is 0 Å². The Labute approximate surface area is 142 Å². The van der Waals surface area contributed by atoms with Crippen molar-refractivity contribution in [2.75, 3.05) is 0 Å². The Bertz CT molecular complexity index is 885. The fraction of sp³-hybridized carbons (Fsp3) is 0.111. The summed E-state index contributed by atoms with van der Waals surface area (Å²) in [7, 11) is 0. The van der Waals surface area contributed by atoms with Crippen LogP contribution in [0.3, 0.4) is 0 Å². The average molecular weight is 335 g/mol. The van der Waals surface area contributed by atoms with Crippen molar-refractivity contribution in [3.8, 4) is 5.75 Å². The summed E-state index contributed by atoms with van der Waals surface area (Å²) in [5.74, 6) is 0.481.